The molecule has 0 saturated heterocycles. The highest BCUT2D eigenvalue weighted by atomic mass is 32.1. The molecule has 2 aromatic heterocycles. The van der Waals surface area contributed by atoms with Crippen LogP contribution in [0.5, 0.6) is 0 Å². The molecule has 16 heavy (non-hydrogen) atoms. The summed E-state index contributed by atoms with van der Waals surface area (Å²) < 4.78 is 37.7. The smallest absolute Gasteiger partial charge is 0.345 e. The zero-order valence-electron chi connectivity index (χ0n) is 7.84. The van der Waals surface area contributed by atoms with Gasteiger partial charge in [0.15, 0.2) is 0 Å². The maximum Gasteiger partial charge on any atom is 0.416 e. The Labute approximate surface area is 98.6 Å². The number of hydrogen-bond acceptors (Lipinski definition) is 2. The summed E-state index contributed by atoms with van der Waals surface area (Å²) in [5, 5.41) is 1.80. The summed E-state index contributed by atoms with van der Waals surface area (Å²) in [4.78, 5) is 3.48. The number of H-pyrrole nitrogens is 1. The van der Waals surface area contributed by atoms with Gasteiger partial charge in [0.2, 0.25) is 0 Å². The Hall–Kier alpha value is -1.14. The van der Waals surface area contributed by atoms with Gasteiger partial charge < -0.3 is 4.98 Å². The molecule has 0 radical (unpaired) electrons. The van der Waals surface area contributed by atoms with Crippen molar-refractivity contribution in [3.8, 4) is 10.6 Å². The molecule has 1 N–H and O–H groups in total. The quantitative estimate of drug-likeness (QED) is 0.748. The average molecular weight is 261 g/mol. The van der Waals surface area contributed by atoms with Gasteiger partial charge in [0.1, 0.15) is 4.64 Å². The molecule has 0 bridgehead atoms. The van der Waals surface area contributed by atoms with Crippen LogP contribution in [0.2, 0.25) is 0 Å². The van der Waals surface area contributed by atoms with Crippen molar-refractivity contribution in [3.05, 3.63) is 39.8 Å². The van der Waals surface area contributed by atoms with Crippen molar-refractivity contribution in [3.63, 3.8) is 0 Å². The Balaban J connectivity index is 2.57. The molecule has 0 aliphatic heterocycles. The molecule has 0 aliphatic rings. The highest BCUT2D eigenvalue weighted by Crippen LogP contribution is 2.32. The van der Waals surface area contributed by atoms with Gasteiger partial charge in [-0.3, -0.25) is 0 Å². The molecule has 1 nitrogen and oxygen atoms in total. The van der Waals surface area contributed by atoms with Gasteiger partial charge in [0.25, 0.3) is 0 Å². The lowest BCUT2D eigenvalue weighted by atomic mass is 10.2. The van der Waals surface area contributed by atoms with Crippen molar-refractivity contribution < 1.29 is 13.2 Å². The fourth-order valence-electron chi connectivity index (χ4n) is 1.27. The second-order valence-corrected chi connectivity index (χ2v) is 4.51. The lowest BCUT2D eigenvalue weighted by Gasteiger charge is -2.08. The minimum Gasteiger partial charge on any atom is -0.345 e. The van der Waals surface area contributed by atoms with Crippen LogP contribution in [0.4, 0.5) is 13.2 Å². The number of nitrogens with one attached hydrogen (secondary N) is 1. The Morgan fingerprint density at radius 1 is 1.25 bits per heavy atom. The first-order valence-corrected chi connectivity index (χ1v) is 5.61. The molecule has 0 spiro atoms. The molecule has 2 rings (SSSR count). The lowest BCUT2D eigenvalue weighted by molar-refractivity contribution is -0.137. The molecule has 0 aliphatic carbocycles. The number of aromatic amines is 1. The minimum atomic E-state index is -4.37. The van der Waals surface area contributed by atoms with Crippen LogP contribution in [0, 0.1) is 4.64 Å². The van der Waals surface area contributed by atoms with E-state index in [4.69, 9.17) is 12.2 Å². The molecular formula is C10H6F3NS2. The van der Waals surface area contributed by atoms with E-state index < -0.39 is 11.7 Å². The molecule has 2 aromatic rings. The van der Waals surface area contributed by atoms with Gasteiger partial charge in [0.05, 0.1) is 16.1 Å². The number of rotatable bonds is 1. The molecule has 0 unspecified atom stereocenters. The van der Waals surface area contributed by atoms with Gasteiger partial charge >= 0.3 is 6.18 Å². The summed E-state index contributed by atoms with van der Waals surface area (Å²) in [5.41, 5.74) is -0.325. The number of aromatic nitrogens is 1. The number of thiophene rings is 1. The van der Waals surface area contributed by atoms with Crippen LogP contribution in [0.3, 0.4) is 0 Å². The van der Waals surface area contributed by atoms with Crippen LogP contribution in [-0.4, -0.2) is 4.98 Å². The van der Waals surface area contributed by atoms with Crippen molar-refractivity contribution in [2.75, 3.05) is 0 Å². The minimum absolute atomic E-state index is 0.0817. The molecule has 0 amide bonds. The second kappa shape index (κ2) is 4.03. The zero-order valence-corrected chi connectivity index (χ0v) is 9.47. The van der Waals surface area contributed by atoms with E-state index >= 15 is 0 Å². The van der Waals surface area contributed by atoms with E-state index in [0.717, 1.165) is 17.0 Å². The van der Waals surface area contributed by atoms with Gasteiger partial charge in [0, 0.05) is 0 Å². The van der Waals surface area contributed by atoms with Crippen LogP contribution in [0.15, 0.2) is 29.6 Å². The topological polar surface area (TPSA) is 15.8 Å². The van der Waals surface area contributed by atoms with E-state index in [0.29, 0.717) is 5.69 Å². The predicted molar refractivity (Wildman–Crippen MR) is 59.9 cm³/mol. The summed E-state index contributed by atoms with van der Waals surface area (Å²) in [6.07, 6.45) is -4.37. The van der Waals surface area contributed by atoms with Gasteiger partial charge in [-0.25, -0.2) is 0 Å². The largest absolute Gasteiger partial charge is 0.416 e. The SMILES string of the molecule is FC(F)(F)c1cc(-c2cccs2)[nH]c(=S)c1. The first-order valence-electron chi connectivity index (χ1n) is 4.32. The normalized spacial score (nSPS) is 11.7. The van der Waals surface area contributed by atoms with Crippen LogP contribution < -0.4 is 0 Å². The number of halogens is 3. The molecule has 0 atom stereocenters. The van der Waals surface area contributed by atoms with Crippen molar-refractivity contribution in [1.82, 2.24) is 4.98 Å². The molecule has 6 heteroatoms. The lowest BCUT2D eigenvalue weighted by Crippen LogP contribution is -2.05. The van der Waals surface area contributed by atoms with Gasteiger partial charge in [-0.2, -0.15) is 13.2 Å². The van der Waals surface area contributed by atoms with E-state index in [1.54, 1.807) is 17.5 Å². The third-order valence-corrected chi connectivity index (χ3v) is 3.08. The second-order valence-electron chi connectivity index (χ2n) is 3.12. The van der Waals surface area contributed by atoms with Gasteiger partial charge in [-0.1, -0.05) is 18.3 Å². The van der Waals surface area contributed by atoms with Gasteiger partial charge in [-0.05, 0) is 23.6 Å². The van der Waals surface area contributed by atoms with Crippen LogP contribution in [-0.2, 0) is 6.18 Å². The highest BCUT2D eigenvalue weighted by molar-refractivity contribution is 7.71. The van der Waals surface area contributed by atoms with Gasteiger partial charge in [-0.15, -0.1) is 11.3 Å². The summed E-state index contributed by atoms with van der Waals surface area (Å²) in [5.74, 6) is 0. The third-order valence-electron chi connectivity index (χ3n) is 1.96. The molecule has 84 valence electrons. The molecule has 2 heterocycles. The fourth-order valence-corrected chi connectivity index (χ4v) is 2.21. The number of hydrogen-bond donors (Lipinski definition) is 1. The fraction of sp³-hybridized carbons (Fsp3) is 0.100. The zero-order chi connectivity index (χ0) is 11.8. The van der Waals surface area contributed by atoms with Crippen LogP contribution in [0.1, 0.15) is 5.56 Å². The van der Waals surface area contributed by atoms with E-state index in [9.17, 15) is 13.2 Å². The van der Waals surface area contributed by atoms with E-state index in [1.165, 1.54) is 11.3 Å². The first kappa shape index (κ1) is 11.3. The standard InChI is InChI=1S/C10H6F3NS2/c11-10(12,13)6-4-7(14-9(15)5-6)8-2-1-3-16-8/h1-5H,(H,14,15). The van der Waals surface area contributed by atoms with Crippen molar-refractivity contribution in [1.29, 1.82) is 0 Å². The Morgan fingerprint density at radius 2 is 2.00 bits per heavy atom. The first-order chi connectivity index (χ1) is 7.47. The predicted octanol–water partition coefficient (Wildman–Crippen LogP) is 4.49. The maximum atomic E-state index is 12.5. The summed E-state index contributed by atoms with van der Waals surface area (Å²) in [7, 11) is 0. The molecular weight excluding hydrogens is 255 g/mol. The molecule has 0 fully saturated rings. The maximum absolute atomic E-state index is 12.5. The number of pyridine rings is 1. The van der Waals surface area contributed by atoms with E-state index in [2.05, 4.69) is 4.98 Å². The van der Waals surface area contributed by atoms with Crippen molar-refractivity contribution >= 4 is 23.6 Å². The third kappa shape index (κ3) is 2.33. The Bertz CT molecular complexity index is 540. The van der Waals surface area contributed by atoms with Crippen molar-refractivity contribution in [2.45, 2.75) is 6.18 Å². The molecule has 0 aromatic carbocycles. The summed E-state index contributed by atoms with van der Waals surface area (Å²) in [6, 6.07) is 5.51. The number of alkyl halides is 3. The highest BCUT2D eigenvalue weighted by Gasteiger charge is 2.31. The van der Waals surface area contributed by atoms with Crippen molar-refractivity contribution in [2.24, 2.45) is 0 Å². The van der Waals surface area contributed by atoms with Crippen LogP contribution in [0.25, 0.3) is 10.6 Å². The van der Waals surface area contributed by atoms with Crippen LogP contribution >= 0.6 is 23.6 Å². The monoisotopic (exact) mass is 261 g/mol. The average Bonchev–Trinajstić information content (AvgIpc) is 2.68. The summed E-state index contributed by atoms with van der Waals surface area (Å²) >= 11 is 6.14. The Morgan fingerprint density at radius 3 is 2.56 bits per heavy atom. The van der Waals surface area contributed by atoms with E-state index in [1.807, 2.05) is 0 Å². The van der Waals surface area contributed by atoms with E-state index in [-0.39, 0.29) is 4.64 Å². The Kier molecular flexibility index (Phi) is 2.86. The summed E-state index contributed by atoms with van der Waals surface area (Å²) in [6.45, 7) is 0. The molecule has 0 saturated carbocycles.